The summed E-state index contributed by atoms with van der Waals surface area (Å²) in [5.41, 5.74) is 0. The standard InChI is InChI=1S/C11H21NO2/c1-12-11(10-3-2-6-14-10)9-4-7-13-8-5-9/h9-12H,2-8H2,1H3. The van der Waals surface area contributed by atoms with Gasteiger partial charge in [0.2, 0.25) is 0 Å². The van der Waals surface area contributed by atoms with Crippen molar-refractivity contribution in [3.05, 3.63) is 0 Å². The van der Waals surface area contributed by atoms with Gasteiger partial charge in [-0.15, -0.1) is 0 Å². The summed E-state index contributed by atoms with van der Waals surface area (Å²) >= 11 is 0. The molecule has 0 aromatic carbocycles. The zero-order valence-electron chi connectivity index (χ0n) is 9.00. The molecule has 0 spiro atoms. The molecule has 0 saturated carbocycles. The summed E-state index contributed by atoms with van der Waals surface area (Å²) in [6.45, 7) is 2.80. The van der Waals surface area contributed by atoms with E-state index in [9.17, 15) is 0 Å². The Morgan fingerprint density at radius 2 is 1.93 bits per heavy atom. The van der Waals surface area contributed by atoms with Crippen LogP contribution in [0.5, 0.6) is 0 Å². The van der Waals surface area contributed by atoms with E-state index >= 15 is 0 Å². The lowest BCUT2D eigenvalue weighted by atomic mass is 9.87. The van der Waals surface area contributed by atoms with Crippen LogP contribution in [-0.4, -0.2) is 39.0 Å². The Morgan fingerprint density at radius 1 is 1.14 bits per heavy atom. The van der Waals surface area contributed by atoms with Crippen LogP contribution in [0.3, 0.4) is 0 Å². The molecule has 14 heavy (non-hydrogen) atoms. The Bertz CT molecular complexity index is 163. The van der Waals surface area contributed by atoms with E-state index in [1.54, 1.807) is 0 Å². The quantitative estimate of drug-likeness (QED) is 0.740. The Morgan fingerprint density at radius 3 is 2.50 bits per heavy atom. The predicted octanol–water partition coefficient (Wildman–Crippen LogP) is 1.18. The molecule has 2 heterocycles. The van der Waals surface area contributed by atoms with E-state index in [4.69, 9.17) is 9.47 Å². The first-order valence-corrected chi connectivity index (χ1v) is 5.78. The van der Waals surface area contributed by atoms with Gasteiger partial charge in [-0.05, 0) is 38.6 Å². The maximum atomic E-state index is 5.76. The molecule has 2 unspecified atom stereocenters. The van der Waals surface area contributed by atoms with Crippen molar-refractivity contribution >= 4 is 0 Å². The molecule has 3 heteroatoms. The zero-order valence-corrected chi connectivity index (χ0v) is 9.00. The van der Waals surface area contributed by atoms with Gasteiger partial charge in [0.15, 0.2) is 0 Å². The average Bonchev–Trinajstić information content (AvgIpc) is 2.74. The number of rotatable bonds is 3. The van der Waals surface area contributed by atoms with Gasteiger partial charge in [0.25, 0.3) is 0 Å². The van der Waals surface area contributed by atoms with Crippen LogP contribution in [-0.2, 0) is 9.47 Å². The van der Waals surface area contributed by atoms with Gasteiger partial charge in [0, 0.05) is 25.9 Å². The summed E-state index contributed by atoms with van der Waals surface area (Å²) in [4.78, 5) is 0. The molecule has 0 aromatic rings. The van der Waals surface area contributed by atoms with Crippen molar-refractivity contribution in [1.82, 2.24) is 5.32 Å². The van der Waals surface area contributed by atoms with E-state index in [2.05, 4.69) is 12.4 Å². The molecule has 1 N–H and O–H groups in total. The van der Waals surface area contributed by atoms with Crippen LogP contribution in [0.4, 0.5) is 0 Å². The number of ether oxygens (including phenoxy) is 2. The first-order chi connectivity index (χ1) is 6.92. The molecule has 82 valence electrons. The van der Waals surface area contributed by atoms with E-state index in [0.29, 0.717) is 12.1 Å². The fourth-order valence-corrected chi connectivity index (χ4v) is 2.69. The van der Waals surface area contributed by atoms with Crippen LogP contribution in [0.2, 0.25) is 0 Å². The van der Waals surface area contributed by atoms with Gasteiger partial charge >= 0.3 is 0 Å². The van der Waals surface area contributed by atoms with E-state index < -0.39 is 0 Å². The molecule has 0 aliphatic carbocycles. The Kier molecular flexibility index (Phi) is 3.79. The second kappa shape index (κ2) is 5.10. The molecular formula is C11H21NO2. The third-order valence-electron chi connectivity index (χ3n) is 3.47. The van der Waals surface area contributed by atoms with Gasteiger partial charge in [0.1, 0.15) is 0 Å². The largest absolute Gasteiger partial charge is 0.381 e. The summed E-state index contributed by atoms with van der Waals surface area (Å²) in [6.07, 6.45) is 5.27. The minimum Gasteiger partial charge on any atom is -0.381 e. The van der Waals surface area contributed by atoms with E-state index in [-0.39, 0.29) is 0 Å². The van der Waals surface area contributed by atoms with E-state index in [1.807, 2.05) is 0 Å². The fraction of sp³-hybridized carbons (Fsp3) is 1.00. The number of likely N-dealkylation sites (N-methyl/N-ethyl adjacent to an activating group) is 1. The van der Waals surface area contributed by atoms with Crippen molar-refractivity contribution in [1.29, 1.82) is 0 Å². The summed E-state index contributed by atoms with van der Waals surface area (Å²) in [7, 11) is 2.06. The number of hydrogen-bond donors (Lipinski definition) is 1. The predicted molar refractivity (Wildman–Crippen MR) is 55.4 cm³/mol. The van der Waals surface area contributed by atoms with Crippen molar-refractivity contribution in [2.24, 2.45) is 5.92 Å². The molecule has 2 rings (SSSR count). The topological polar surface area (TPSA) is 30.5 Å². The van der Waals surface area contributed by atoms with Gasteiger partial charge in [0.05, 0.1) is 6.10 Å². The normalized spacial score (nSPS) is 31.9. The van der Waals surface area contributed by atoms with Gasteiger partial charge in [-0.25, -0.2) is 0 Å². The molecule has 2 saturated heterocycles. The molecule has 0 amide bonds. The molecule has 2 fully saturated rings. The number of nitrogens with one attached hydrogen (secondary N) is 1. The van der Waals surface area contributed by atoms with Crippen LogP contribution in [0.1, 0.15) is 25.7 Å². The summed E-state index contributed by atoms with van der Waals surface area (Å²) in [5.74, 6) is 0.747. The maximum absolute atomic E-state index is 5.76. The van der Waals surface area contributed by atoms with Crippen LogP contribution >= 0.6 is 0 Å². The highest BCUT2D eigenvalue weighted by Gasteiger charge is 2.32. The molecule has 0 bridgehead atoms. The zero-order chi connectivity index (χ0) is 9.80. The van der Waals surface area contributed by atoms with Crippen LogP contribution < -0.4 is 5.32 Å². The Labute approximate surface area is 86.2 Å². The molecule has 2 aliphatic heterocycles. The second-order valence-corrected chi connectivity index (χ2v) is 4.32. The monoisotopic (exact) mass is 199 g/mol. The average molecular weight is 199 g/mol. The highest BCUT2D eigenvalue weighted by Crippen LogP contribution is 2.26. The highest BCUT2D eigenvalue weighted by molar-refractivity contribution is 4.86. The van der Waals surface area contributed by atoms with Crippen LogP contribution in [0.15, 0.2) is 0 Å². The fourth-order valence-electron chi connectivity index (χ4n) is 2.69. The SMILES string of the molecule is CNC(C1CCOCC1)C1CCCO1. The lowest BCUT2D eigenvalue weighted by Gasteiger charge is -2.33. The molecule has 3 nitrogen and oxygen atoms in total. The van der Waals surface area contributed by atoms with Crippen molar-refractivity contribution in [3.8, 4) is 0 Å². The Hall–Kier alpha value is -0.120. The van der Waals surface area contributed by atoms with Crippen LogP contribution in [0.25, 0.3) is 0 Å². The maximum Gasteiger partial charge on any atom is 0.0731 e. The van der Waals surface area contributed by atoms with Gasteiger partial charge in [-0.3, -0.25) is 0 Å². The third-order valence-corrected chi connectivity index (χ3v) is 3.47. The minimum atomic E-state index is 0.447. The van der Waals surface area contributed by atoms with E-state index in [1.165, 1.54) is 25.7 Å². The van der Waals surface area contributed by atoms with Gasteiger partial charge < -0.3 is 14.8 Å². The lowest BCUT2D eigenvalue weighted by molar-refractivity contribution is 0.0118. The first-order valence-electron chi connectivity index (χ1n) is 5.78. The minimum absolute atomic E-state index is 0.447. The number of hydrogen-bond acceptors (Lipinski definition) is 3. The first kappa shape index (κ1) is 10.4. The smallest absolute Gasteiger partial charge is 0.0731 e. The van der Waals surface area contributed by atoms with Gasteiger partial charge in [-0.1, -0.05) is 0 Å². The summed E-state index contributed by atoms with van der Waals surface area (Å²) in [5, 5.41) is 3.43. The van der Waals surface area contributed by atoms with Crippen molar-refractivity contribution in [2.45, 2.75) is 37.8 Å². The molecule has 0 aromatic heterocycles. The molecule has 0 radical (unpaired) electrons. The second-order valence-electron chi connectivity index (χ2n) is 4.32. The lowest BCUT2D eigenvalue weighted by Crippen LogP contribution is -2.45. The van der Waals surface area contributed by atoms with Crippen molar-refractivity contribution < 1.29 is 9.47 Å². The van der Waals surface area contributed by atoms with Crippen LogP contribution in [0, 0.1) is 5.92 Å². The Balaban J connectivity index is 1.89. The molecule has 2 aliphatic rings. The van der Waals surface area contributed by atoms with Gasteiger partial charge in [-0.2, -0.15) is 0 Å². The molecular weight excluding hydrogens is 178 g/mol. The van der Waals surface area contributed by atoms with Crippen molar-refractivity contribution in [3.63, 3.8) is 0 Å². The molecule has 2 atom stereocenters. The summed E-state index contributed by atoms with van der Waals surface area (Å²) < 4.78 is 11.1. The highest BCUT2D eigenvalue weighted by atomic mass is 16.5. The third kappa shape index (κ3) is 2.27. The van der Waals surface area contributed by atoms with Crippen molar-refractivity contribution in [2.75, 3.05) is 26.9 Å². The van der Waals surface area contributed by atoms with E-state index in [0.717, 1.165) is 25.7 Å². The summed E-state index contributed by atoms with van der Waals surface area (Å²) in [6, 6.07) is 0.543.